The van der Waals surface area contributed by atoms with E-state index in [0.717, 1.165) is 5.56 Å². The number of hydrogen-bond donors (Lipinski definition) is 1. The van der Waals surface area contributed by atoms with Gasteiger partial charge in [-0.3, -0.25) is 9.78 Å². The molecular formula is C15H13N7O2. The van der Waals surface area contributed by atoms with Crippen molar-refractivity contribution < 1.29 is 9.32 Å². The van der Waals surface area contributed by atoms with E-state index in [0.29, 0.717) is 11.5 Å². The molecule has 3 aromatic rings. The maximum absolute atomic E-state index is 12.0. The molecule has 9 heteroatoms. The molecule has 0 fully saturated rings. The van der Waals surface area contributed by atoms with Crippen molar-refractivity contribution >= 4 is 5.91 Å². The van der Waals surface area contributed by atoms with E-state index in [2.05, 4.69) is 25.8 Å². The van der Waals surface area contributed by atoms with Gasteiger partial charge < -0.3 is 9.84 Å². The third-order valence-corrected chi connectivity index (χ3v) is 3.28. The predicted molar refractivity (Wildman–Crippen MR) is 81.3 cm³/mol. The van der Waals surface area contributed by atoms with Gasteiger partial charge >= 0.3 is 0 Å². The molecule has 0 aromatic carbocycles. The molecule has 0 radical (unpaired) electrons. The Bertz CT molecular complexity index is 879. The van der Waals surface area contributed by atoms with Gasteiger partial charge in [-0.05, 0) is 19.1 Å². The smallest absolute Gasteiger partial charge is 0.273 e. The van der Waals surface area contributed by atoms with E-state index in [4.69, 9.17) is 9.78 Å². The van der Waals surface area contributed by atoms with Crippen LogP contribution < -0.4 is 5.32 Å². The molecule has 1 N–H and O–H groups in total. The van der Waals surface area contributed by atoms with E-state index in [1.165, 1.54) is 10.9 Å². The molecule has 3 rings (SSSR count). The predicted octanol–water partition coefficient (Wildman–Crippen LogP) is 1.34. The summed E-state index contributed by atoms with van der Waals surface area (Å²) >= 11 is 0. The zero-order valence-electron chi connectivity index (χ0n) is 12.7. The van der Waals surface area contributed by atoms with Crippen molar-refractivity contribution in [1.29, 1.82) is 5.26 Å². The molecule has 3 heterocycles. The molecular weight excluding hydrogens is 310 g/mol. The van der Waals surface area contributed by atoms with Crippen LogP contribution >= 0.6 is 0 Å². The van der Waals surface area contributed by atoms with Crippen molar-refractivity contribution in [3.8, 4) is 17.4 Å². The fourth-order valence-electron chi connectivity index (χ4n) is 1.94. The number of nitrogens with zero attached hydrogens (tertiary/aromatic N) is 6. The third-order valence-electron chi connectivity index (χ3n) is 3.28. The van der Waals surface area contributed by atoms with Crippen LogP contribution in [0.4, 0.5) is 0 Å². The summed E-state index contributed by atoms with van der Waals surface area (Å²) in [5.74, 6) is 0.190. The summed E-state index contributed by atoms with van der Waals surface area (Å²) in [6.45, 7) is 1.85. The standard InChI is InChI=1S/C15H13N7O2/c1-10(7-16)22-9-13(19-21-22)15(23)18-8-12-6-14(24-20-12)11-2-4-17-5-3-11/h2-6,9-10H,8H2,1H3,(H,18,23). The van der Waals surface area contributed by atoms with Crippen molar-refractivity contribution in [2.75, 3.05) is 0 Å². The normalized spacial score (nSPS) is 11.7. The lowest BCUT2D eigenvalue weighted by Gasteiger charge is -1.99. The Morgan fingerprint density at radius 1 is 1.46 bits per heavy atom. The Balaban J connectivity index is 1.62. The second kappa shape index (κ2) is 6.70. The highest BCUT2D eigenvalue weighted by Crippen LogP contribution is 2.19. The fraction of sp³-hybridized carbons (Fsp3) is 0.200. The number of pyridine rings is 1. The molecule has 3 aromatic heterocycles. The summed E-state index contributed by atoms with van der Waals surface area (Å²) in [5.41, 5.74) is 1.56. The van der Waals surface area contributed by atoms with Gasteiger partial charge in [-0.2, -0.15) is 5.26 Å². The maximum Gasteiger partial charge on any atom is 0.273 e. The SMILES string of the molecule is CC(C#N)n1cc(C(=O)NCc2cc(-c3ccncc3)on2)nn1. The number of carbonyl (C=O) groups is 1. The summed E-state index contributed by atoms with van der Waals surface area (Å²) in [6.07, 6.45) is 4.74. The quantitative estimate of drug-likeness (QED) is 0.751. The number of nitrogens with one attached hydrogen (secondary N) is 1. The number of rotatable bonds is 5. The highest BCUT2D eigenvalue weighted by molar-refractivity contribution is 5.91. The number of hydrogen-bond acceptors (Lipinski definition) is 7. The molecule has 0 aliphatic heterocycles. The molecule has 0 spiro atoms. The molecule has 1 amide bonds. The second-order valence-electron chi connectivity index (χ2n) is 4.99. The van der Waals surface area contributed by atoms with Crippen molar-refractivity contribution in [1.82, 2.24) is 30.5 Å². The Morgan fingerprint density at radius 3 is 3.00 bits per heavy atom. The van der Waals surface area contributed by atoms with Crippen molar-refractivity contribution in [3.63, 3.8) is 0 Å². The lowest BCUT2D eigenvalue weighted by molar-refractivity contribution is 0.0945. The highest BCUT2D eigenvalue weighted by atomic mass is 16.5. The average molecular weight is 323 g/mol. The van der Waals surface area contributed by atoms with E-state index in [1.807, 2.05) is 6.07 Å². The fourth-order valence-corrected chi connectivity index (χ4v) is 1.94. The van der Waals surface area contributed by atoms with E-state index in [1.54, 1.807) is 37.5 Å². The van der Waals surface area contributed by atoms with E-state index in [-0.39, 0.29) is 12.2 Å². The molecule has 0 saturated heterocycles. The minimum absolute atomic E-state index is 0.134. The van der Waals surface area contributed by atoms with E-state index < -0.39 is 11.9 Å². The molecule has 1 unspecified atom stereocenters. The third kappa shape index (κ3) is 3.27. The first-order valence-corrected chi connectivity index (χ1v) is 7.13. The van der Waals surface area contributed by atoms with Gasteiger partial charge in [-0.25, -0.2) is 4.68 Å². The van der Waals surface area contributed by atoms with Gasteiger partial charge in [0.1, 0.15) is 11.7 Å². The van der Waals surface area contributed by atoms with E-state index >= 15 is 0 Å². The number of aromatic nitrogens is 5. The minimum Gasteiger partial charge on any atom is -0.356 e. The molecule has 0 aliphatic carbocycles. The van der Waals surface area contributed by atoms with Gasteiger partial charge in [0.25, 0.3) is 5.91 Å². The van der Waals surface area contributed by atoms with Crippen LogP contribution in [0.15, 0.2) is 41.3 Å². The highest BCUT2D eigenvalue weighted by Gasteiger charge is 2.14. The molecule has 1 atom stereocenters. The lowest BCUT2D eigenvalue weighted by Crippen LogP contribution is -2.23. The molecule has 24 heavy (non-hydrogen) atoms. The van der Waals surface area contributed by atoms with Gasteiger partial charge in [-0.15, -0.1) is 5.10 Å². The van der Waals surface area contributed by atoms with Crippen molar-refractivity contribution in [3.05, 3.63) is 48.2 Å². The number of carbonyl (C=O) groups excluding carboxylic acids is 1. The zero-order valence-corrected chi connectivity index (χ0v) is 12.7. The van der Waals surface area contributed by atoms with Crippen LogP contribution in [-0.2, 0) is 6.54 Å². The number of nitriles is 1. The Hall–Kier alpha value is -3.54. The second-order valence-corrected chi connectivity index (χ2v) is 4.99. The Kier molecular flexibility index (Phi) is 4.29. The molecule has 0 saturated carbocycles. The van der Waals surface area contributed by atoms with Crippen LogP contribution in [0.3, 0.4) is 0 Å². The van der Waals surface area contributed by atoms with Crippen LogP contribution in [0.1, 0.15) is 29.1 Å². The average Bonchev–Trinajstić information content (AvgIpc) is 3.29. The van der Waals surface area contributed by atoms with Crippen molar-refractivity contribution in [2.45, 2.75) is 19.5 Å². The summed E-state index contributed by atoms with van der Waals surface area (Å²) < 4.78 is 6.57. The Morgan fingerprint density at radius 2 is 2.25 bits per heavy atom. The monoisotopic (exact) mass is 323 g/mol. The van der Waals surface area contributed by atoms with E-state index in [9.17, 15) is 4.79 Å². The van der Waals surface area contributed by atoms with Gasteiger partial charge in [-0.1, -0.05) is 10.4 Å². The van der Waals surface area contributed by atoms with Gasteiger partial charge in [0.2, 0.25) is 0 Å². The largest absolute Gasteiger partial charge is 0.356 e. The summed E-state index contributed by atoms with van der Waals surface area (Å²) in [6, 6.07) is 6.87. The molecule has 0 aliphatic rings. The van der Waals surface area contributed by atoms with Gasteiger partial charge in [0.05, 0.1) is 18.8 Å². The first-order chi connectivity index (χ1) is 11.7. The van der Waals surface area contributed by atoms with Crippen molar-refractivity contribution in [2.24, 2.45) is 0 Å². The molecule has 120 valence electrons. The maximum atomic E-state index is 12.0. The van der Waals surface area contributed by atoms with Crippen LogP contribution in [0.5, 0.6) is 0 Å². The Labute approximate surface area is 136 Å². The number of amides is 1. The van der Waals surface area contributed by atoms with Gasteiger partial charge in [0.15, 0.2) is 11.5 Å². The summed E-state index contributed by atoms with van der Waals surface area (Å²) in [4.78, 5) is 16.0. The van der Waals surface area contributed by atoms with Crippen LogP contribution in [0.2, 0.25) is 0 Å². The minimum atomic E-state index is -0.488. The van der Waals surface area contributed by atoms with Crippen LogP contribution in [0, 0.1) is 11.3 Å². The zero-order chi connectivity index (χ0) is 16.9. The first-order valence-electron chi connectivity index (χ1n) is 7.13. The first kappa shape index (κ1) is 15.4. The van der Waals surface area contributed by atoms with Crippen LogP contribution in [-0.4, -0.2) is 31.0 Å². The summed E-state index contributed by atoms with van der Waals surface area (Å²) in [5, 5.41) is 22.9. The topological polar surface area (TPSA) is 123 Å². The lowest BCUT2D eigenvalue weighted by atomic mass is 10.2. The molecule has 0 bridgehead atoms. The molecule has 9 nitrogen and oxygen atoms in total. The van der Waals surface area contributed by atoms with Gasteiger partial charge in [0, 0.05) is 24.0 Å². The summed E-state index contributed by atoms with van der Waals surface area (Å²) in [7, 11) is 0. The van der Waals surface area contributed by atoms with Crippen LogP contribution in [0.25, 0.3) is 11.3 Å².